The molecule has 0 spiro atoms. The Labute approximate surface area is 73.2 Å². The predicted molar refractivity (Wildman–Crippen MR) is 46.1 cm³/mol. The molecule has 0 aromatic carbocycles. The van der Waals surface area contributed by atoms with Crippen molar-refractivity contribution < 1.29 is 13.2 Å². The summed E-state index contributed by atoms with van der Waals surface area (Å²) in [7, 11) is 0. The molecule has 1 aliphatic rings. The van der Waals surface area contributed by atoms with Gasteiger partial charge >= 0.3 is 6.18 Å². The van der Waals surface area contributed by atoms with Gasteiger partial charge in [0.2, 0.25) is 0 Å². The molecule has 76 valence electrons. The van der Waals surface area contributed by atoms with E-state index in [-0.39, 0.29) is 0 Å². The Hall–Kier alpha value is -0.210. The van der Waals surface area contributed by atoms with E-state index in [1.54, 1.807) is 0 Å². The third kappa shape index (κ3) is 5.44. The fraction of sp³-hybridized carbons (Fsp3) is 1.00. The fourth-order valence-corrected chi connectivity index (χ4v) is 0.736. The van der Waals surface area contributed by atoms with Gasteiger partial charge in [0.15, 0.2) is 0 Å². The van der Waals surface area contributed by atoms with Crippen LogP contribution in [0.5, 0.6) is 0 Å². The van der Waals surface area contributed by atoms with E-state index in [4.69, 9.17) is 0 Å². The Morgan fingerprint density at radius 2 is 1.25 bits per heavy atom. The second-order valence-electron chi connectivity index (χ2n) is 2.17. The maximum atomic E-state index is 11.5. The lowest BCUT2D eigenvalue weighted by molar-refractivity contribution is -0.193. The minimum Gasteiger partial charge on any atom is -0.171 e. The Balaban J connectivity index is 0. The third-order valence-electron chi connectivity index (χ3n) is 1.57. The average Bonchev–Trinajstić information content (AvgIpc) is 1.89. The Morgan fingerprint density at radius 3 is 1.25 bits per heavy atom. The minimum atomic E-state index is -3.90. The first-order chi connectivity index (χ1) is 5.61. The molecule has 1 rings (SSSR count). The first-order valence-electron chi connectivity index (χ1n) is 4.67. The lowest BCUT2D eigenvalue weighted by atomic mass is 9.85. The zero-order valence-electron chi connectivity index (χ0n) is 8.33. The van der Waals surface area contributed by atoms with E-state index in [9.17, 15) is 13.2 Å². The lowest BCUT2D eigenvalue weighted by Crippen LogP contribution is -2.28. The van der Waals surface area contributed by atoms with Crippen LogP contribution in [0.3, 0.4) is 0 Å². The molecule has 0 aromatic heterocycles. The van der Waals surface area contributed by atoms with Crippen molar-refractivity contribution in [3.8, 4) is 0 Å². The van der Waals surface area contributed by atoms with Crippen molar-refractivity contribution in [2.45, 2.75) is 53.1 Å². The van der Waals surface area contributed by atoms with Gasteiger partial charge in [0.1, 0.15) is 0 Å². The first-order valence-corrected chi connectivity index (χ1v) is 4.67. The summed E-state index contributed by atoms with van der Waals surface area (Å²) in [5.41, 5.74) is 0. The van der Waals surface area contributed by atoms with Crippen LogP contribution in [0.25, 0.3) is 0 Å². The van der Waals surface area contributed by atoms with Gasteiger partial charge in [0, 0.05) is 0 Å². The summed E-state index contributed by atoms with van der Waals surface area (Å²) in [6, 6.07) is 0. The molecule has 1 aliphatic carbocycles. The molecule has 1 saturated carbocycles. The van der Waals surface area contributed by atoms with Gasteiger partial charge < -0.3 is 0 Å². The van der Waals surface area contributed by atoms with E-state index < -0.39 is 12.1 Å². The molecule has 0 amide bonds. The molecular weight excluding hydrogens is 165 g/mol. The van der Waals surface area contributed by atoms with Gasteiger partial charge in [-0.05, 0) is 12.8 Å². The van der Waals surface area contributed by atoms with Gasteiger partial charge in [0.05, 0.1) is 5.92 Å². The lowest BCUT2D eigenvalue weighted by Gasteiger charge is -2.27. The van der Waals surface area contributed by atoms with Crippen molar-refractivity contribution in [3.63, 3.8) is 0 Å². The Morgan fingerprint density at radius 1 is 0.917 bits per heavy atom. The fourth-order valence-electron chi connectivity index (χ4n) is 0.736. The van der Waals surface area contributed by atoms with Crippen LogP contribution in [-0.4, -0.2) is 6.18 Å². The van der Waals surface area contributed by atoms with Crippen molar-refractivity contribution in [3.05, 3.63) is 0 Å². The van der Waals surface area contributed by atoms with Gasteiger partial charge in [-0.25, -0.2) is 0 Å². The van der Waals surface area contributed by atoms with Gasteiger partial charge in [-0.3, -0.25) is 0 Å². The Kier molecular flexibility index (Phi) is 8.88. The van der Waals surface area contributed by atoms with Crippen LogP contribution in [0.15, 0.2) is 0 Å². The molecule has 0 atom stereocenters. The number of rotatable bonds is 0. The SMILES string of the molecule is CC.CC.FC(F)(F)C1CCC1. The van der Waals surface area contributed by atoms with E-state index in [0.29, 0.717) is 12.8 Å². The van der Waals surface area contributed by atoms with Crippen LogP contribution < -0.4 is 0 Å². The normalized spacial score (nSPS) is 16.2. The number of alkyl halides is 3. The zero-order chi connectivity index (χ0) is 10.2. The van der Waals surface area contributed by atoms with Crippen LogP contribution in [-0.2, 0) is 0 Å². The summed E-state index contributed by atoms with van der Waals surface area (Å²) < 4.78 is 34.5. The molecule has 0 saturated heterocycles. The van der Waals surface area contributed by atoms with E-state index in [0.717, 1.165) is 6.42 Å². The number of hydrogen-bond acceptors (Lipinski definition) is 0. The summed E-state index contributed by atoms with van der Waals surface area (Å²) in [5, 5.41) is 0. The molecule has 3 heteroatoms. The summed E-state index contributed by atoms with van der Waals surface area (Å²) >= 11 is 0. The summed E-state index contributed by atoms with van der Waals surface area (Å²) in [6.07, 6.45) is -2.45. The first kappa shape index (κ1) is 14.3. The van der Waals surface area contributed by atoms with E-state index in [1.165, 1.54) is 0 Å². The molecule has 0 heterocycles. The predicted octanol–water partition coefficient (Wildman–Crippen LogP) is 4.40. The summed E-state index contributed by atoms with van der Waals surface area (Å²) in [5.74, 6) is -0.970. The van der Waals surface area contributed by atoms with Crippen molar-refractivity contribution in [2.24, 2.45) is 5.92 Å². The molecule has 0 aliphatic heterocycles. The van der Waals surface area contributed by atoms with Crippen LogP contribution in [0.1, 0.15) is 47.0 Å². The molecule has 1 fully saturated rings. The second-order valence-corrected chi connectivity index (χ2v) is 2.17. The highest BCUT2D eigenvalue weighted by Crippen LogP contribution is 2.40. The van der Waals surface area contributed by atoms with Crippen LogP contribution in [0, 0.1) is 5.92 Å². The van der Waals surface area contributed by atoms with Crippen LogP contribution in [0.2, 0.25) is 0 Å². The highest BCUT2D eigenvalue weighted by atomic mass is 19.4. The van der Waals surface area contributed by atoms with Gasteiger partial charge in [-0.2, -0.15) is 13.2 Å². The number of halogens is 3. The average molecular weight is 184 g/mol. The van der Waals surface area contributed by atoms with E-state index in [1.807, 2.05) is 27.7 Å². The van der Waals surface area contributed by atoms with Crippen LogP contribution >= 0.6 is 0 Å². The minimum absolute atomic E-state index is 0.351. The molecule has 0 aromatic rings. The van der Waals surface area contributed by atoms with Crippen LogP contribution in [0.4, 0.5) is 13.2 Å². The highest BCUT2D eigenvalue weighted by molar-refractivity contribution is 4.75. The highest BCUT2D eigenvalue weighted by Gasteiger charge is 2.42. The molecule has 12 heavy (non-hydrogen) atoms. The van der Waals surface area contributed by atoms with E-state index >= 15 is 0 Å². The van der Waals surface area contributed by atoms with Crippen molar-refractivity contribution in [2.75, 3.05) is 0 Å². The summed E-state index contributed by atoms with van der Waals surface area (Å²) in [6.45, 7) is 8.00. The maximum Gasteiger partial charge on any atom is 0.391 e. The van der Waals surface area contributed by atoms with Crippen molar-refractivity contribution >= 4 is 0 Å². The molecule has 0 bridgehead atoms. The molecule has 0 radical (unpaired) electrons. The monoisotopic (exact) mass is 184 g/mol. The molecule has 0 unspecified atom stereocenters. The molecular formula is C9H19F3. The topological polar surface area (TPSA) is 0 Å². The van der Waals surface area contributed by atoms with Gasteiger partial charge in [-0.1, -0.05) is 34.1 Å². The van der Waals surface area contributed by atoms with E-state index in [2.05, 4.69) is 0 Å². The largest absolute Gasteiger partial charge is 0.391 e. The third-order valence-corrected chi connectivity index (χ3v) is 1.57. The quantitative estimate of drug-likeness (QED) is 0.523. The van der Waals surface area contributed by atoms with Crippen molar-refractivity contribution in [1.29, 1.82) is 0 Å². The van der Waals surface area contributed by atoms with Gasteiger partial charge in [-0.15, -0.1) is 0 Å². The zero-order valence-corrected chi connectivity index (χ0v) is 8.33. The maximum absolute atomic E-state index is 11.5. The number of hydrogen-bond donors (Lipinski definition) is 0. The second kappa shape index (κ2) is 7.44. The summed E-state index contributed by atoms with van der Waals surface area (Å²) in [4.78, 5) is 0. The Bertz CT molecular complexity index is 82.3. The van der Waals surface area contributed by atoms with Gasteiger partial charge in [0.25, 0.3) is 0 Å². The molecule has 0 nitrogen and oxygen atoms in total. The standard InChI is InChI=1S/C5H7F3.2C2H6/c6-5(7,8)4-2-1-3-4;2*1-2/h4H,1-3H2;2*1-2H3. The molecule has 0 N–H and O–H groups in total. The van der Waals surface area contributed by atoms with Crippen molar-refractivity contribution in [1.82, 2.24) is 0 Å². The smallest absolute Gasteiger partial charge is 0.171 e.